The summed E-state index contributed by atoms with van der Waals surface area (Å²) in [6, 6.07) is 3.45. The molecule has 1 fully saturated rings. The molecule has 0 amide bonds. The number of phenols is 1. The summed E-state index contributed by atoms with van der Waals surface area (Å²) in [5, 5.41) is 9.53. The van der Waals surface area contributed by atoms with E-state index >= 15 is 0 Å². The van der Waals surface area contributed by atoms with Gasteiger partial charge in [0.2, 0.25) is 0 Å². The van der Waals surface area contributed by atoms with E-state index in [1.807, 2.05) is 4.90 Å². The lowest BCUT2D eigenvalue weighted by Gasteiger charge is -2.14. The van der Waals surface area contributed by atoms with Crippen molar-refractivity contribution in [2.24, 2.45) is 5.92 Å². The fraction of sp³-hybridized carbons (Fsp3) is 0.462. The van der Waals surface area contributed by atoms with Gasteiger partial charge in [-0.1, -0.05) is 6.92 Å². The summed E-state index contributed by atoms with van der Waals surface area (Å²) in [7, 11) is 0. The molecule has 1 saturated heterocycles. The molecule has 1 aliphatic rings. The van der Waals surface area contributed by atoms with Crippen molar-refractivity contribution >= 4 is 5.78 Å². The van der Waals surface area contributed by atoms with Crippen LogP contribution in [0.5, 0.6) is 5.75 Å². The Kier molecular flexibility index (Phi) is 3.43. The predicted molar refractivity (Wildman–Crippen MR) is 62.6 cm³/mol. The van der Waals surface area contributed by atoms with Crippen molar-refractivity contribution in [2.45, 2.75) is 13.3 Å². The number of benzene rings is 1. The molecule has 3 nitrogen and oxygen atoms in total. The zero-order valence-corrected chi connectivity index (χ0v) is 9.82. The third kappa shape index (κ3) is 2.82. The van der Waals surface area contributed by atoms with E-state index < -0.39 is 5.82 Å². The van der Waals surface area contributed by atoms with Crippen molar-refractivity contribution in [2.75, 3.05) is 19.6 Å². The highest BCUT2D eigenvalue weighted by molar-refractivity contribution is 6.00. The van der Waals surface area contributed by atoms with Crippen LogP contribution in [0.2, 0.25) is 0 Å². The quantitative estimate of drug-likeness (QED) is 0.818. The molecule has 1 unspecified atom stereocenters. The number of ketones is 1. The van der Waals surface area contributed by atoms with E-state index in [0.29, 0.717) is 5.92 Å². The summed E-state index contributed by atoms with van der Waals surface area (Å²) in [6.07, 6.45) is 1.09. The average Bonchev–Trinajstić information content (AvgIpc) is 2.67. The summed E-state index contributed by atoms with van der Waals surface area (Å²) in [4.78, 5) is 14.0. The number of rotatable bonds is 3. The standard InChI is InChI=1S/C13H16FNO2/c1-9-4-5-15(7-9)8-13(17)11-6-10(14)2-3-12(11)16/h2-3,6,9,16H,4-5,7-8H2,1H3. The van der Waals surface area contributed by atoms with Crippen molar-refractivity contribution in [1.29, 1.82) is 0 Å². The molecule has 1 N–H and O–H groups in total. The number of halogens is 1. The van der Waals surface area contributed by atoms with E-state index in [4.69, 9.17) is 0 Å². The summed E-state index contributed by atoms with van der Waals surface area (Å²) in [5.41, 5.74) is 0.0737. The third-order valence-electron chi connectivity index (χ3n) is 3.13. The molecule has 1 aromatic rings. The lowest BCUT2D eigenvalue weighted by molar-refractivity contribution is 0.0940. The minimum atomic E-state index is -0.499. The number of hydrogen-bond donors (Lipinski definition) is 1. The van der Waals surface area contributed by atoms with Crippen LogP contribution < -0.4 is 0 Å². The molecule has 1 heterocycles. The minimum absolute atomic E-state index is 0.0737. The fourth-order valence-electron chi connectivity index (χ4n) is 2.19. The average molecular weight is 237 g/mol. The second kappa shape index (κ2) is 4.84. The minimum Gasteiger partial charge on any atom is -0.507 e. The van der Waals surface area contributed by atoms with Crippen LogP contribution in [0.15, 0.2) is 18.2 Å². The number of carbonyl (C=O) groups excluding carboxylic acids is 1. The van der Waals surface area contributed by atoms with Gasteiger partial charge in [0.15, 0.2) is 5.78 Å². The lowest BCUT2D eigenvalue weighted by Crippen LogP contribution is -2.27. The van der Waals surface area contributed by atoms with Crippen LogP contribution in [-0.4, -0.2) is 35.4 Å². The van der Waals surface area contributed by atoms with Gasteiger partial charge in [-0.3, -0.25) is 9.69 Å². The molecule has 1 aromatic carbocycles. The lowest BCUT2D eigenvalue weighted by atomic mass is 10.1. The summed E-state index contributed by atoms with van der Waals surface area (Å²) >= 11 is 0. The van der Waals surface area contributed by atoms with Gasteiger partial charge in [0.25, 0.3) is 0 Å². The molecule has 0 spiro atoms. The van der Waals surface area contributed by atoms with Crippen LogP contribution in [0.1, 0.15) is 23.7 Å². The van der Waals surface area contributed by atoms with Crippen LogP contribution in [0.25, 0.3) is 0 Å². The van der Waals surface area contributed by atoms with E-state index in [1.165, 1.54) is 6.07 Å². The predicted octanol–water partition coefficient (Wildman–Crippen LogP) is 2.06. The van der Waals surface area contributed by atoms with Crippen LogP contribution in [0.3, 0.4) is 0 Å². The molecule has 0 radical (unpaired) electrons. The van der Waals surface area contributed by atoms with Crippen molar-refractivity contribution in [3.63, 3.8) is 0 Å². The van der Waals surface area contributed by atoms with E-state index in [2.05, 4.69) is 6.92 Å². The van der Waals surface area contributed by atoms with Gasteiger partial charge in [-0.15, -0.1) is 0 Å². The van der Waals surface area contributed by atoms with Crippen LogP contribution in [0, 0.1) is 11.7 Å². The van der Waals surface area contributed by atoms with Gasteiger partial charge in [0.1, 0.15) is 11.6 Å². The highest BCUT2D eigenvalue weighted by Crippen LogP contribution is 2.20. The van der Waals surface area contributed by atoms with Crippen LogP contribution >= 0.6 is 0 Å². The largest absolute Gasteiger partial charge is 0.507 e. The zero-order valence-electron chi connectivity index (χ0n) is 9.82. The molecule has 17 heavy (non-hydrogen) atoms. The molecule has 1 aliphatic heterocycles. The highest BCUT2D eigenvalue weighted by atomic mass is 19.1. The zero-order chi connectivity index (χ0) is 12.4. The van der Waals surface area contributed by atoms with Gasteiger partial charge >= 0.3 is 0 Å². The van der Waals surface area contributed by atoms with E-state index in [-0.39, 0.29) is 23.6 Å². The van der Waals surface area contributed by atoms with Gasteiger partial charge < -0.3 is 5.11 Å². The Morgan fingerprint density at radius 1 is 1.59 bits per heavy atom. The van der Waals surface area contributed by atoms with E-state index in [1.54, 1.807) is 0 Å². The van der Waals surface area contributed by atoms with Gasteiger partial charge in [-0.05, 0) is 37.1 Å². The first-order chi connectivity index (χ1) is 8.06. The molecule has 2 rings (SSSR count). The van der Waals surface area contributed by atoms with E-state index in [9.17, 15) is 14.3 Å². The van der Waals surface area contributed by atoms with Gasteiger partial charge in [0, 0.05) is 6.54 Å². The second-order valence-corrected chi connectivity index (χ2v) is 4.71. The van der Waals surface area contributed by atoms with Gasteiger partial charge in [-0.2, -0.15) is 0 Å². The third-order valence-corrected chi connectivity index (χ3v) is 3.13. The Morgan fingerprint density at radius 3 is 3.00 bits per heavy atom. The molecule has 4 heteroatoms. The number of aromatic hydroxyl groups is 1. The molecule has 0 aromatic heterocycles. The monoisotopic (exact) mass is 237 g/mol. The Morgan fingerprint density at radius 2 is 2.35 bits per heavy atom. The Bertz CT molecular complexity index is 433. The fourth-order valence-corrected chi connectivity index (χ4v) is 2.19. The summed E-state index contributed by atoms with van der Waals surface area (Å²) < 4.78 is 13.0. The Labute approximate surface area is 99.9 Å². The second-order valence-electron chi connectivity index (χ2n) is 4.71. The van der Waals surface area contributed by atoms with Crippen molar-refractivity contribution in [1.82, 2.24) is 4.90 Å². The molecule has 1 atom stereocenters. The number of likely N-dealkylation sites (tertiary alicyclic amines) is 1. The smallest absolute Gasteiger partial charge is 0.180 e. The Hall–Kier alpha value is -1.42. The first-order valence-electron chi connectivity index (χ1n) is 5.80. The summed E-state index contributed by atoms with van der Waals surface area (Å²) in [6.45, 7) is 4.18. The molecule has 0 aliphatic carbocycles. The first-order valence-corrected chi connectivity index (χ1v) is 5.80. The van der Waals surface area contributed by atoms with Crippen molar-refractivity contribution in [3.8, 4) is 5.75 Å². The number of phenolic OH excluding ortho intramolecular Hbond substituents is 1. The normalized spacial score (nSPS) is 20.7. The van der Waals surface area contributed by atoms with E-state index in [0.717, 1.165) is 31.6 Å². The maximum atomic E-state index is 13.0. The van der Waals surface area contributed by atoms with Gasteiger partial charge in [0.05, 0.1) is 12.1 Å². The number of nitrogens with zero attached hydrogens (tertiary/aromatic N) is 1. The number of hydrogen-bond acceptors (Lipinski definition) is 3. The molecular weight excluding hydrogens is 221 g/mol. The maximum absolute atomic E-state index is 13.0. The van der Waals surface area contributed by atoms with Crippen molar-refractivity contribution in [3.05, 3.63) is 29.6 Å². The number of Topliss-reactive ketones (excluding diaryl/α,β-unsaturated/α-hetero) is 1. The maximum Gasteiger partial charge on any atom is 0.180 e. The number of carbonyl (C=O) groups is 1. The first kappa shape index (κ1) is 12.0. The molecular formula is C13H16FNO2. The molecule has 0 saturated carbocycles. The molecule has 92 valence electrons. The SMILES string of the molecule is CC1CCN(CC(=O)c2cc(F)ccc2O)C1. The summed E-state index contributed by atoms with van der Waals surface area (Å²) in [5.74, 6) is -0.274. The van der Waals surface area contributed by atoms with Gasteiger partial charge in [-0.25, -0.2) is 4.39 Å². The highest BCUT2D eigenvalue weighted by Gasteiger charge is 2.22. The van der Waals surface area contributed by atoms with Crippen molar-refractivity contribution < 1.29 is 14.3 Å². The topological polar surface area (TPSA) is 40.5 Å². The van der Waals surface area contributed by atoms with Crippen LogP contribution in [0.4, 0.5) is 4.39 Å². The van der Waals surface area contributed by atoms with Crippen LogP contribution in [-0.2, 0) is 0 Å². The molecule has 0 bridgehead atoms. The Balaban J connectivity index is 2.06.